The van der Waals surface area contributed by atoms with E-state index in [-0.39, 0.29) is 16.6 Å². The molecule has 0 aliphatic rings. The zero-order chi connectivity index (χ0) is 14.0. The topological polar surface area (TPSA) is 45.2 Å². The molecular weight excluding hydrogens is 305 g/mol. The molecule has 0 bridgehead atoms. The van der Waals surface area contributed by atoms with Gasteiger partial charge in [0.1, 0.15) is 9.36 Å². The van der Waals surface area contributed by atoms with Crippen LogP contribution in [0.1, 0.15) is 10.5 Å². The Morgan fingerprint density at radius 3 is 2.37 bits per heavy atom. The van der Waals surface area contributed by atoms with E-state index in [1.165, 1.54) is 0 Å². The average molecular weight is 316 g/mol. The lowest BCUT2D eigenvalue weighted by atomic mass is 10.2. The lowest BCUT2D eigenvalue weighted by Gasteiger charge is -2.12. The largest absolute Gasteiger partial charge is 0.378 e. The van der Waals surface area contributed by atoms with Crippen molar-refractivity contribution < 1.29 is 4.79 Å². The normalized spacial score (nSPS) is 10.3. The van der Waals surface area contributed by atoms with Crippen molar-refractivity contribution in [3.8, 4) is 0 Å². The quantitative estimate of drug-likeness (QED) is 0.937. The Kier molecular flexibility index (Phi) is 4.29. The predicted octanol–water partition coefficient (Wildman–Crippen LogP) is 3.77. The zero-order valence-electron chi connectivity index (χ0n) is 10.3. The van der Waals surface area contributed by atoms with E-state index in [0.29, 0.717) is 10.0 Å². The molecule has 0 radical (unpaired) electrons. The van der Waals surface area contributed by atoms with Crippen molar-refractivity contribution in [3.05, 3.63) is 39.3 Å². The maximum atomic E-state index is 11.9. The second-order valence-corrected chi connectivity index (χ2v) is 5.77. The van der Waals surface area contributed by atoms with Crippen molar-refractivity contribution >= 4 is 52.0 Å². The number of hydrogen-bond acceptors (Lipinski definition) is 4. The molecule has 1 heterocycles. The van der Waals surface area contributed by atoms with E-state index in [4.69, 9.17) is 23.2 Å². The van der Waals surface area contributed by atoms with E-state index >= 15 is 0 Å². The highest BCUT2D eigenvalue weighted by molar-refractivity contribution is 7.11. The van der Waals surface area contributed by atoms with Gasteiger partial charge in [0, 0.05) is 25.5 Å². The van der Waals surface area contributed by atoms with E-state index in [9.17, 15) is 4.79 Å². The second kappa shape index (κ2) is 5.77. The van der Waals surface area contributed by atoms with Gasteiger partial charge in [0.2, 0.25) is 0 Å². The molecule has 0 spiro atoms. The van der Waals surface area contributed by atoms with Crippen LogP contribution in [0.5, 0.6) is 0 Å². The minimum atomic E-state index is -0.370. The average Bonchev–Trinajstić information content (AvgIpc) is 2.70. The van der Waals surface area contributed by atoms with E-state index in [0.717, 1.165) is 17.2 Å². The summed E-state index contributed by atoms with van der Waals surface area (Å²) in [7, 11) is 3.90. The van der Waals surface area contributed by atoms with Crippen molar-refractivity contribution in [2.45, 2.75) is 0 Å². The van der Waals surface area contributed by atoms with Gasteiger partial charge in [-0.3, -0.25) is 4.79 Å². The Morgan fingerprint density at radius 2 is 1.89 bits per heavy atom. The third kappa shape index (κ3) is 3.18. The highest BCUT2D eigenvalue weighted by Gasteiger charge is 2.17. The number of halogens is 2. The molecule has 4 nitrogen and oxygen atoms in total. The third-order valence-corrected chi connectivity index (χ3v) is 4.07. The number of rotatable bonds is 3. The van der Waals surface area contributed by atoms with Crippen molar-refractivity contribution in [2.75, 3.05) is 24.3 Å². The number of benzene rings is 1. The molecule has 0 saturated carbocycles. The van der Waals surface area contributed by atoms with Crippen LogP contribution in [0.2, 0.25) is 9.36 Å². The van der Waals surface area contributed by atoms with Gasteiger partial charge in [-0.25, -0.2) is 0 Å². The van der Waals surface area contributed by atoms with Crippen molar-refractivity contribution in [2.24, 2.45) is 0 Å². The van der Waals surface area contributed by atoms with E-state index in [1.807, 2.05) is 43.3 Å². The summed E-state index contributed by atoms with van der Waals surface area (Å²) in [4.78, 5) is 13.9. The summed E-state index contributed by atoms with van der Waals surface area (Å²) in [5, 5.41) is 2.91. The Hall–Kier alpha value is -1.30. The summed E-state index contributed by atoms with van der Waals surface area (Å²) in [6.45, 7) is 0. The second-order valence-electron chi connectivity index (χ2n) is 4.01. The summed E-state index contributed by atoms with van der Waals surface area (Å²) < 4.78 is 4.23. The number of nitrogens with zero attached hydrogens (tertiary/aromatic N) is 2. The molecule has 1 aromatic carbocycles. The summed E-state index contributed by atoms with van der Waals surface area (Å²) in [5.74, 6) is -0.370. The summed E-state index contributed by atoms with van der Waals surface area (Å²) in [6, 6.07) is 7.45. The van der Waals surface area contributed by atoms with E-state index < -0.39 is 0 Å². The van der Waals surface area contributed by atoms with Crippen LogP contribution in [-0.4, -0.2) is 24.4 Å². The lowest BCUT2D eigenvalue weighted by molar-refractivity contribution is 0.102. The smallest absolute Gasteiger partial charge is 0.276 e. The molecule has 7 heteroatoms. The molecule has 1 aromatic heterocycles. The van der Waals surface area contributed by atoms with Crippen LogP contribution >= 0.6 is 34.7 Å². The minimum Gasteiger partial charge on any atom is -0.378 e. The standard InChI is InChI=1S/C12H11Cl2N3OS/c1-17(2)8-5-3-7(4-6-8)15-12(18)10-9(13)11(14)19-16-10/h3-6H,1-2H3,(H,15,18). The van der Waals surface area contributed by atoms with E-state index in [1.54, 1.807) is 0 Å². The molecule has 1 N–H and O–H groups in total. The number of aromatic nitrogens is 1. The van der Waals surface area contributed by atoms with Gasteiger partial charge in [0.25, 0.3) is 5.91 Å². The van der Waals surface area contributed by atoms with Crippen LogP contribution < -0.4 is 10.2 Å². The molecule has 1 amide bonds. The monoisotopic (exact) mass is 315 g/mol. The summed E-state index contributed by atoms with van der Waals surface area (Å²) in [6.07, 6.45) is 0. The molecule has 0 saturated heterocycles. The van der Waals surface area contributed by atoms with Crippen molar-refractivity contribution in [1.82, 2.24) is 4.37 Å². The third-order valence-electron chi connectivity index (χ3n) is 2.45. The number of hydrogen-bond donors (Lipinski definition) is 1. The Labute approximate surface area is 125 Å². The van der Waals surface area contributed by atoms with Gasteiger partial charge in [-0.05, 0) is 35.8 Å². The van der Waals surface area contributed by atoms with Gasteiger partial charge in [-0.15, -0.1) is 0 Å². The molecule has 0 aliphatic heterocycles. The number of anilines is 2. The lowest BCUT2D eigenvalue weighted by Crippen LogP contribution is -2.13. The first kappa shape index (κ1) is 14.1. The first-order chi connectivity index (χ1) is 8.99. The van der Waals surface area contributed by atoms with Crippen LogP contribution in [0.4, 0.5) is 11.4 Å². The first-order valence-corrected chi connectivity index (χ1v) is 6.91. The number of carbonyl (C=O) groups is 1. The van der Waals surface area contributed by atoms with Gasteiger partial charge in [-0.2, -0.15) is 4.37 Å². The van der Waals surface area contributed by atoms with Gasteiger partial charge in [0.15, 0.2) is 5.69 Å². The van der Waals surface area contributed by atoms with Gasteiger partial charge in [0.05, 0.1) is 0 Å². The molecular formula is C12H11Cl2N3OS. The fraction of sp³-hybridized carbons (Fsp3) is 0.167. The number of carbonyl (C=O) groups excluding carboxylic acids is 1. The number of nitrogens with one attached hydrogen (secondary N) is 1. The van der Waals surface area contributed by atoms with Gasteiger partial charge < -0.3 is 10.2 Å². The Morgan fingerprint density at radius 1 is 1.26 bits per heavy atom. The van der Waals surface area contributed by atoms with Crippen molar-refractivity contribution in [3.63, 3.8) is 0 Å². The highest BCUT2D eigenvalue weighted by atomic mass is 35.5. The maximum absolute atomic E-state index is 11.9. The molecule has 19 heavy (non-hydrogen) atoms. The molecule has 2 aromatic rings. The maximum Gasteiger partial charge on any atom is 0.276 e. The van der Waals surface area contributed by atoms with Crippen LogP contribution in [0, 0.1) is 0 Å². The minimum absolute atomic E-state index is 0.147. The van der Waals surface area contributed by atoms with Crippen molar-refractivity contribution in [1.29, 1.82) is 0 Å². The zero-order valence-corrected chi connectivity index (χ0v) is 12.6. The van der Waals surface area contributed by atoms with Gasteiger partial charge >= 0.3 is 0 Å². The highest BCUT2D eigenvalue weighted by Crippen LogP contribution is 2.29. The molecule has 100 valence electrons. The Bertz CT molecular complexity index is 596. The molecule has 0 atom stereocenters. The summed E-state index contributed by atoms with van der Waals surface area (Å²) >= 11 is 12.6. The van der Waals surface area contributed by atoms with Gasteiger partial charge in [-0.1, -0.05) is 23.2 Å². The van der Waals surface area contributed by atoms with Crippen LogP contribution in [0.15, 0.2) is 24.3 Å². The molecule has 0 aliphatic carbocycles. The SMILES string of the molecule is CN(C)c1ccc(NC(=O)c2nsc(Cl)c2Cl)cc1. The fourth-order valence-electron chi connectivity index (χ4n) is 1.43. The molecule has 0 unspecified atom stereocenters. The summed E-state index contributed by atoms with van der Waals surface area (Å²) in [5.41, 5.74) is 1.87. The first-order valence-electron chi connectivity index (χ1n) is 5.38. The fourth-order valence-corrected chi connectivity index (χ4v) is 2.43. The number of amides is 1. The molecule has 0 fully saturated rings. The predicted molar refractivity (Wildman–Crippen MR) is 80.9 cm³/mol. The van der Waals surface area contributed by atoms with Crippen LogP contribution in [0.25, 0.3) is 0 Å². The Balaban J connectivity index is 2.13. The van der Waals surface area contributed by atoms with E-state index in [2.05, 4.69) is 9.69 Å². The van der Waals surface area contributed by atoms with Crippen LogP contribution in [0.3, 0.4) is 0 Å². The molecule has 2 rings (SSSR count). The van der Waals surface area contributed by atoms with Crippen LogP contribution in [-0.2, 0) is 0 Å².